The standard InChI is InChI=1S/C15H17FN4O2/c1-10-17-14(22-19-10)11-3-2-8-20(9-11)15(21)18-13-6-4-12(16)5-7-13/h4-7,11H,2-3,8-9H2,1H3,(H,18,21)/t11-/m1/s1. The molecule has 1 aromatic heterocycles. The van der Waals surface area contributed by atoms with Crippen LogP contribution >= 0.6 is 0 Å². The lowest BCUT2D eigenvalue weighted by Crippen LogP contribution is -2.41. The fourth-order valence-corrected chi connectivity index (χ4v) is 2.58. The van der Waals surface area contributed by atoms with Crippen molar-refractivity contribution in [3.63, 3.8) is 0 Å². The number of hydrogen-bond donors (Lipinski definition) is 1. The van der Waals surface area contributed by atoms with Gasteiger partial charge in [0, 0.05) is 18.8 Å². The lowest BCUT2D eigenvalue weighted by Gasteiger charge is -2.31. The minimum atomic E-state index is -0.331. The third kappa shape index (κ3) is 3.24. The molecule has 2 heterocycles. The number of rotatable bonds is 2. The Morgan fingerprint density at radius 2 is 2.18 bits per heavy atom. The van der Waals surface area contributed by atoms with Crippen LogP contribution in [0, 0.1) is 12.7 Å². The summed E-state index contributed by atoms with van der Waals surface area (Å²) >= 11 is 0. The molecular formula is C15H17FN4O2. The van der Waals surface area contributed by atoms with Crippen LogP contribution in [0.15, 0.2) is 28.8 Å². The van der Waals surface area contributed by atoms with E-state index in [-0.39, 0.29) is 17.8 Å². The molecule has 7 heteroatoms. The van der Waals surface area contributed by atoms with Crippen molar-refractivity contribution < 1.29 is 13.7 Å². The fourth-order valence-electron chi connectivity index (χ4n) is 2.58. The van der Waals surface area contributed by atoms with E-state index < -0.39 is 0 Å². The van der Waals surface area contributed by atoms with Gasteiger partial charge in [0.15, 0.2) is 5.82 Å². The number of aromatic nitrogens is 2. The number of piperidine rings is 1. The Hall–Kier alpha value is -2.44. The number of amides is 2. The van der Waals surface area contributed by atoms with Crippen LogP contribution in [0.2, 0.25) is 0 Å². The molecule has 0 unspecified atom stereocenters. The smallest absolute Gasteiger partial charge is 0.321 e. The maximum absolute atomic E-state index is 12.9. The molecule has 1 fully saturated rings. The zero-order valence-corrected chi connectivity index (χ0v) is 12.3. The van der Waals surface area contributed by atoms with Gasteiger partial charge in [-0.05, 0) is 44.0 Å². The number of hydrogen-bond acceptors (Lipinski definition) is 4. The molecule has 22 heavy (non-hydrogen) atoms. The number of nitrogens with zero attached hydrogens (tertiary/aromatic N) is 3. The Balaban J connectivity index is 1.63. The summed E-state index contributed by atoms with van der Waals surface area (Å²) in [7, 11) is 0. The topological polar surface area (TPSA) is 71.3 Å². The van der Waals surface area contributed by atoms with Crippen molar-refractivity contribution in [2.24, 2.45) is 0 Å². The second kappa shape index (κ2) is 6.13. The van der Waals surface area contributed by atoms with Crippen molar-refractivity contribution in [1.82, 2.24) is 15.0 Å². The minimum absolute atomic E-state index is 0.0638. The molecular weight excluding hydrogens is 287 g/mol. The second-order valence-corrected chi connectivity index (χ2v) is 5.40. The van der Waals surface area contributed by atoms with Crippen LogP contribution in [0.4, 0.5) is 14.9 Å². The van der Waals surface area contributed by atoms with Crippen LogP contribution in [-0.2, 0) is 0 Å². The number of nitrogens with one attached hydrogen (secondary N) is 1. The summed E-state index contributed by atoms with van der Waals surface area (Å²) in [5.74, 6) is 0.913. The van der Waals surface area contributed by atoms with Gasteiger partial charge in [-0.1, -0.05) is 5.16 Å². The van der Waals surface area contributed by atoms with Crippen LogP contribution in [0.25, 0.3) is 0 Å². The van der Waals surface area contributed by atoms with Gasteiger partial charge >= 0.3 is 6.03 Å². The number of carbonyl (C=O) groups is 1. The highest BCUT2D eigenvalue weighted by Gasteiger charge is 2.28. The van der Waals surface area contributed by atoms with Gasteiger partial charge < -0.3 is 14.7 Å². The molecule has 1 aromatic carbocycles. The maximum atomic E-state index is 12.9. The Labute approximate surface area is 127 Å². The Bertz CT molecular complexity index is 656. The molecule has 0 saturated carbocycles. The number of halogens is 1. The molecule has 0 radical (unpaired) electrons. The van der Waals surface area contributed by atoms with E-state index >= 15 is 0 Å². The molecule has 1 N–H and O–H groups in total. The normalized spacial score (nSPS) is 18.3. The predicted octanol–water partition coefficient (Wildman–Crippen LogP) is 2.93. The third-order valence-electron chi connectivity index (χ3n) is 3.70. The first-order valence-electron chi connectivity index (χ1n) is 7.23. The minimum Gasteiger partial charge on any atom is -0.339 e. The first kappa shape index (κ1) is 14.5. The summed E-state index contributed by atoms with van der Waals surface area (Å²) in [5, 5.41) is 6.57. The summed E-state index contributed by atoms with van der Waals surface area (Å²) in [5.41, 5.74) is 0.571. The van der Waals surface area contributed by atoms with Crippen LogP contribution in [0.3, 0.4) is 0 Å². The van der Waals surface area contributed by atoms with E-state index in [4.69, 9.17) is 4.52 Å². The second-order valence-electron chi connectivity index (χ2n) is 5.40. The first-order chi connectivity index (χ1) is 10.6. The highest BCUT2D eigenvalue weighted by Crippen LogP contribution is 2.26. The predicted molar refractivity (Wildman–Crippen MR) is 78.0 cm³/mol. The molecule has 3 rings (SSSR count). The van der Waals surface area contributed by atoms with Crippen LogP contribution in [-0.4, -0.2) is 34.2 Å². The van der Waals surface area contributed by atoms with Gasteiger partial charge in [0.05, 0.1) is 5.92 Å². The number of anilines is 1. The third-order valence-corrected chi connectivity index (χ3v) is 3.70. The zero-order chi connectivity index (χ0) is 15.5. The molecule has 2 aromatic rings. The Kier molecular flexibility index (Phi) is 4.04. The number of carbonyl (C=O) groups excluding carboxylic acids is 1. The number of urea groups is 1. The van der Waals surface area contributed by atoms with Crippen LogP contribution < -0.4 is 5.32 Å². The molecule has 0 aliphatic carbocycles. The van der Waals surface area contributed by atoms with Gasteiger partial charge in [-0.15, -0.1) is 0 Å². The Morgan fingerprint density at radius 1 is 1.41 bits per heavy atom. The van der Waals surface area contributed by atoms with Gasteiger partial charge in [-0.2, -0.15) is 4.98 Å². The van der Waals surface area contributed by atoms with Crippen molar-refractivity contribution >= 4 is 11.7 Å². The highest BCUT2D eigenvalue weighted by atomic mass is 19.1. The molecule has 1 aliphatic heterocycles. The average Bonchev–Trinajstić information content (AvgIpc) is 2.96. The van der Waals surface area contributed by atoms with Crippen LogP contribution in [0.5, 0.6) is 0 Å². The number of aryl methyl sites for hydroxylation is 1. The average molecular weight is 304 g/mol. The van der Waals surface area contributed by atoms with Gasteiger partial charge in [-0.3, -0.25) is 0 Å². The molecule has 2 amide bonds. The molecule has 1 atom stereocenters. The van der Waals surface area contributed by atoms with E-state index in [9.17, 15) is 9.18 Å². The van der Waals surface area contributed by atoms with Gasteiger partial charge in [0.25, 0.3) is 0 Å². The fraction of sp³-hybridized carbons (Fsp3) is 0.400. The molecule has 1 aliphatic rings. The first-order valence-corrected chi connectivity index (χ1v) is 7.23. The molecule has 0 bridgehead atoms. The van der Waals surface area contributed by atoms with Crippen molar-refractivity contribution in [3.05, 3.63) is 41.8 Å². The number of benzene rings is 1. The summed E-state index contributed by atoms with van der Waals surface area (Å²) < 4.78 is 18.1. The van der Waals surface area contributed by atoms with E-state index in [2.05, 4.69) is 15.5 Å². The largest absolute Gasteiger partial charge is 0.339 e. The van der Waals surface area contributed by atoms with E-state index in [1.54, 1.807) is 11.8 Å². The summed E-state index contributed by atoms with van der Waals surface area (Å²) in [6, 6.07) is 5.50. The van der Waals surface area contributed by atoms with E-state index in [1.807, 2.05) is 0 Å². The van der Waals surface area contributed by atoms with Crippen molar-refractivity contribution in [2.75, 3.05) is 18.4 Å². The SMILES string of the molecule is Cc1noc([C@@H]2CCCN(C(=O)Nc3ccc(F)cc3)C2)n1. The van der Waals surface area contributed by atoms with Crippen molar-refractivity contribution in [2.45, 2.75) is 25.7 Å². The van der Waals surface area contributed by atoms with Crippen LogP contribution in [0.1, 0.15) is 30.5 Å². The number of likely N-dealkylation sites (tertiary alicyclic amines) is 1. The lowest BCUT2D eigenvalue weighted by atomic mass is 9.98. The highest BCUT2D eigenvalue weighted by molar-refractivity contribution is 5.89. The molecule has 1 saturated heterocycles. The summed E-state index contributed by atoms with van der Waals surface area (Å²) in [6.45, 7) is 2.99. The van der Waals surface area contributed by atoms with Crippen molar-refractivity contribution in [1.29, 1.82) is 0 Å². The molecule has 6 nitrogen and oxygen atoms in total. The van der Waals surface area contributed by atoms with E-state index in [1.165, 1.54) is 24.3 Å². The van der Waals surface area contributed by atoms with Crippen molar-refractivity contribution in [3.8, 4) is 0 Å². The van der Waals surface area contributed by atoms with E-state index in [0.29, 0.717) is 30.5 Å². The lowest BCUT2D eigenvalue weighted by molar-refractivity contribution is 0.184. The van der Waals surface area contributed by atoms with Gasteiger partial charge in [-0.25, -0.2) is 9.18 Å². The summed E-state index contributed by atoms with van der Waals surface area (Å²) in [6.07, 6.45) is 1.80. The van der Waals surface area contributed by atoms with Gasteiger partial charge in [0.2, 0.25) is 5.89 Å². The summed E-state index contributed by atoms with van der Waals surface area (Å²) in [4.78, 5) is 18.3. The quantitative estimate of drug-likeness (QED) is 0.926. The zero-order valence-electron chi connectivity index (χ0n) is 12.3. The van der Waals surface area contributed by atoms with E-state index in [0.717, 1.165) is 12.8 Å². The molecule has 0 spiro atoms. The Morgan fingerprint density at radius 3 is 2.86 bits per heavy atom. The maximum Gasteiger partial charge on any atom is 0.321 e. The monoisotopic (exact) mass is 304 g/mol. The van der Waals surface area contributed by atoms with Gasteiger partial charge in [0.1, 0.15) is 5.82 Å². The molecule has 116 valence electrons.